The number of ether oxygens (including phenoxy) is 1. The third-order valence-corrected chi connectivity index (χ3v) is 2.34. The molecule has 2 rings (SSSR count). The van der Waals surface area contributed by atoms with E-state index in [1.54, 1.807) is 30.3 Å². The van der Waals surface area contributed by atoms with Gasteiger partial charge >= 0.3 is 5.97 Å². The third-order valence-electron chi connectivity index (χ3n) is 2.34. The maximum absolute atomic E-state index is 11.0. The molecule has 0 spiro atoms. The fourth-order valence-electron chi connectivity index (χ4n) is 1.51. The van der Waals surface area contributed by atoms with E-state index in [1.807, 2.05) is 25.1 Å². The molecule has 0 aliphatic carbocycles. The average Bonchev–Trinajstić information content (AvgIpc) is 2.30. The highest BCUT2D eigenvalue weighted by Gasteiger charge is 2.11. The molecule has 0 radical (unpaired) electrons. The number of hydrogen-bond donors (Lipinski definition) is 1. The molecule has 2 aromatic carbocycles. The van der Waals surface area contributed by atoms with Crippen molar-refractivity contribution in [3.63, 3.8) is 0 Å². The maximum Gasteiger partial charge on any atom is 0.339 e. The number of carbonyl (C=O) groups is 1. The molecule has 0 heterocycles. The van der Waals surface area contributed by atoms with Gasteiger partial charge in [0.05, 0.1) is 0 Å². The van der Waals surface area contributed by atoms with Gasteiger partial charge in [-0.1, -0.05) is 24.3 Å². The van der Waals surface area contributed by atoms with Crippen molar-refractivity contribution in [3.05, 3.63) is 59.7 Å². The van der Waals surface area contributed by atoms with E-state index in [9.17, 15) is 4.79 Å². The number of carboxylic acid groups (broad SMARTS) is 1. The van der Waals surface area contributed by atoms with Crippen LogP contribution in [0.2, 0.25) is 0 Å². The Kier molecular flexibility index (Phi) is 3.10. The second kappa shape index (κ2) is 4.70. The molecule has 0 fully saturated rings. The van der Waals surface area contributed by atoms with Crippen molar-refractivity contribution in [1.29, 1.82) is 0 Å². The molecule has 3 heteroatoms. The zero-order valence-corrected chi connectivity index (χ0v) is 9.38. The largest absolute Gasteiger partial charge is 0.478 e. The first kappa shape index (κ1) is 11.2. The number of rotatable bonds is 3. The van der Waals surface area contributed by atoms with Crippen LogP contribution in [0.25, 0.3) is 0 Å². The number of carboxylic acids is 1. The normalized spacial score (nSPS) is 9.94. The Morgan fingerprint density at radius 2 is 1.82 bits per heavy atom. The highest BCUT2D eigenvalue weighted by molar-refractivity contribution is 5.91. The number of hydrogen-bond acceptors (Lipinski definition) is 2. The SMILES string of the molecule is Cc1ccc(C(=O)O)c(Oc2ccccc2)c1. The molecule has 0 aliphatic rings. The van der Waals surface area contributed by atoms with E-state index in [0.29, 0.717) is 11.5 Å². The average molecular weight is 228 g/mol. The highest BCUT2D eigenvalue weighted by Crippen LogP contribution is 2.26. The van der Waals surface area contributed by atoms with Crippen molar-refractivity contribution in [3.8, 4) is 11.5 Å². The Morgan fingerprint density at radius 3 is 2.47 bits per heavy atom. The van der Waals surface area contributed by atoms with Gasteiger partial charge in [-0.15, -0.1) is 0 Å². The zero-order chi connectivity index (χ0) is 12.3. The molecular formula is C14H12O3. The minimum absolute atomic E-state index is 0.166. The minimum atomic E-state index is -0.990. The zero-order valence-electron chi connectivity index (χ0n) is 9.38. The summed E-state index contributed by atoms with van der Waals surface area (Å²) in [6, 6.07) is 14.1. The third kappa shape index (κ3) is 2.64. The van der Waals surface area contributed by atoms with E-state index in [4.69, 9.17) is 9.84 Å². The molecule has 0 saturated carbocycles. The molecule has 2 aromatic rings. The quantitative estimate of drug-likeness (QED) is 0.874. The maximum atomic E-state index is 11.0. The van der Waals surface area contributed by atoms with Gasteiger partial charge in [-0.05, 0) is 36.8 Å². The summed E-state index contributed by atoms with van der Waals surface area (Å²) in [5.74, 6) is 0.000214. The fraction of sp³-hybridized carbons (Fsp3) is 0.0714. The number of benzene rings is 2. The lowest BCUT2D eigenvalue weighted by Crippen LogP contribution is -2.00. The highest BCUT2D eigenvalue weighted by atomic mass is 16.5. The van der Waals surface area contributed by atoms with Gasteiger partial charge in [0, 0.05) is 0 Å². The lowest BCUT2D eigenvalue weighted by atomic mass is 10.1. The first-order chi connectivity index (χ1) is 8.16. The van der Waals surface area contributed by atoms with Crippen LogP contribution in [-0.2, 0) is 0 Å². The van der Waals surface area contributed by atoms with Gasteiger partial charge in [0.2, 0.25) is 0 Å². The van der Waals surface area contributed by atoms with Crippen molar-refractivity contribution in [1.82, 2.24) is 0 Å². The predicted molar refractivity (Wildman–Crippen MR) is 64.7 cm³/mol. The van der Waals surface area contributed by atoms with Gasteiger partial charge in [0.1, 0.15) is 17.1 Å². The van der Waals surface area contributed by atoms with Gasteiger partial charge in [0.25, 0.3) is 0 Å². The molecule has 0 aliphatic heterocycles. The van der Waals surface area contributed by atoms with Crippen molar-refractivity contribution in [2.75, 3.05) is 0 Å². The van der Waals surface area contributed by atoms with Crippen LogP contribution in [0.4, 0.5) is 0 Å². The van der Waals surface area contributed by atoms with E-state index in [2.05, 4.69) is 0 Å². The summed E-state index contributed by atoms with van der Waals surface area (Å²) in [5, 5.41) is 9.05. The van der Waals surface area contributed by atoms with Gasteiger partial charge < -0.3 is 9.84 Å². The van der Waals surface area contributed by atoms with Crippen LogP contribution in [-0.4, -0.2) is 11.1 Å². The summed E-state index contributed by atoms with van der Waals surface area (Å²) in [6.45, 7) is 1.89. The van der Waals surface area contributed by atoms with Gasteiger partial charge in [-0.3, -0.25) is 0 Å². The van der Waals surface area contributed by atoms with Crippen LogP contribution in [0.3, 0.4) is 0 Å². The summed E-state index contributed by atoms with van der Waals surface area (Å²) in [4.78, 5) is 11.0. The summed E-state index contributed by atoms with van der Waals surface area (Å²) < 4.78 is 5.57. The van der Waals surface area contributed by atoms with E-state index in [-0.39, 0.29) is 5.56 Å². The molecule has 0 aromatic heterocycles. The Hall–Kier alpha value is -2.29. The van der Waals surface area contributed by atoms with Crippen molar-refractivity contribution in [2.45, 2.75) is 6.92 Å². The van der Waals surface area contributed by atoms with Gasteiger partial charge in [-0.25, -0.2) is 4.79 Å². The van der Waals surface area contributed by atoms with Crippen LogP contribution in [0.5, 0.6) is 11.5 Å². The summed E-state index contributed by atoms with van der Waals surface area (Å²) in [5.41, 5.74) is 1.13. The second-order valence-corrected chi connectivity index (χ2v) is 3.72. The van der Waals surface area contributed by atoms with E-state index in [1.165, 1.54) is 0 Å². The van der Waals surface area contributed by atoms with Crippen molar-refractivity contribution in [2.24, 2.45) is 0 Å². The van der Waals surface area contributed by atoms with Crippen LogP contribution in [0, 0.1) is 6.92 Å². The molecule has 1 N–H and O–H groups in total. The number of aromatic carboxylic acids is 1. The predicted octanol–water partition coefficient (Wildman–Crippen LogP) is 3.49. The molecule has 17 heavy (non-hydrogen) atoms. The molecule has 3 nitrogen and oxygen atoms in total. The monoisotopic (exact) mass is 228 g/mol. The lowest BCUT2D eigenvalue weighted by Gasteiger charge is -2.09. The number of aryl methyl sites for hydroxylation is 1. The molecule has 86 valence electrons. The van der Waals surface area contributed by atoms with Crippen LogP contribution in [0.15, 0.2) is 48.5 Å². The van der Waals surface area contributed by atoms with E-state index >= 15 is 0 Å². The van der Waals surface area contributed by atoms with Crippen LogP contribution < -0.4 is 4.74 Å². The smallest absolute Gasteiger partial charge is 0.339 e. The molecule has 0 amide bonds. The van der Waals surface area contributed by atoms with Crippen LogP contribution >= 0.6 is 0 Å². The first-order valence-electron chi connectivity index (χ1n) is 5.23. The number of para-hydroxylation sites is 1. The summed E-state index contributed by atoms with van der Waals surface area (Å²) >= 11 is 0. The molecule has 0 bridgehead atoms. The Bertz CT molecular complexity index is 532. The van der Waals surface area contributed by atoms with E-state index in [0.717, 1.165) is 5.56 Å². The van der Waals surface area contributed by atoms with E-state index < -0.39 is 5.97 Å². The van der Waals surface area contributed by atoms with Gasteiger partial charge in [0.15, 0.2) is 0 Å². The first-order valence-corrected chi connectivity index (χ1v) is 5.23. The lowest BCUT2D eigenvalue weighted by molar-refractivity contribution is 0.0694. The summed E-state index contributed by atoms with van der Waals surface area (Å²) in [7, 11) is 0. The molecule has 0 unspecified atom stereocenters. The minimum Gasteiger partial charge on any atom is -0.478 e. The molecule has 0 atom stereocenters. The van der Waals surface area contributed by atoms with Crippen molar-refractivity contribution >= 4 is 5.97 Å². The second-order valence-electron chi connectivity index (χ2n) is 3.72. The van der Waals surface area contributed by atoms with Gasteiger partial charge in [-0.2, -0.15) is 0 Å². The Balaban J connectivity index is 2.37. The molecular weight excluding hydrogens is 216 g/mol. The Morgan fingerprint density at radius 1 is 1.12 bits per heavy atom. The standard InChI is InChI=1S/C14H12O3/c1-10-7-8-12(14(15)16)13(9-10)17-11-5-3-2-4-6-11/h2-9H,1H3,(H,15,16). The Labute approximate surface area is 99.3 Å². The summed E-state index contributed by atoms with van der Waals surface area (Å²) in [6.07, 6.45) is 0. The molecule has 0 saturated heterocycles. The fourth-order valence-corrected chi connectivity index (χ4v) is 1.51. The van der Waals surface area contributed by atoms with Crippen LogP contribution in [0.1, 0.15) is 15.9 Å². The van der Waals surface area contributed by atoms with Crippen molar-refractivity contribution < 1.29 is 14.6 Å². The topological polar surface area (TPSA) is 46.5 Å².